The Labute approximate surface area is 454 Å². The van der Waals surface area contributed by atoms with E-state index in [2.05, 4.69) is 31.0 Å². The van der Waals surface area contributed by atoms with Crippen molar-refractivity contribution in [3.05, 3.63) is 52.5 Å². The summed E-state index contributed by atoms with van der Waals surface area (Å²) in [6, 6.07) is 9.00. The molecule has 1 saturated heterocycles. The zero-order valence-electron chi connectivity index (χ0n) is 48.2. The van der Waals surface area contributed by atoms with E-state index in [0.29, 0.717) is 78.6 Å². The molecule has 2 heterocycles. The number of carbonyl (C=O) groups excluding carboxylic acids is 5. The van der Waals surface area contributed by atoms with Gasteiger partial charge >= 0.3 is 5.97 Å². The number of ketones is 2. The molecule has 9 atom stereocenters. The standard InChI is InChI=1S/C58H96N4O12S/c1-15-42(6)54(50(68-13)39-51(65)62-25-19-22-47(62)55(69-14)43(7)48(63)37-45(56-59-24-35-75-56)36-44-20-17-16-18-21-44)61(12)57(67)46(40(2)3)38-49(64)53(41(4)5)60(11)26-28-71-30-32-73-34-33-72-31-29-70-27-23-52(66)74-58(8,9)10/h16-18,20-21,24,35,40-43,45-47,50,53-55H,15,19,22-23,25-34,36-39H2,1-14H3/t42-,43-,45+,46-,47-,50+,53-,54-,55+/m0/s1. The van der Waals surface area contributed by atoms with Crippen LogP contribution in [0.3, 0.4) is 0 Å². The lowest BCUT2D eigenvalue weighted by Gasteiger charge is -2.41. The van der Waals surface area contributed by atoms with Crippen molar-refractivity contribution in [3.8, 4) is 0 Å². The topological polar surface area (TPSA) is 173 Å². The van der Waals surface area contributed by atoms with Crippen LogP contribution in [-0.4, -0.2) is 179 Å². The second-order valence-corrected chi connectivity index (χ2v) is 22.9. The van der Waals surface area contributed by atoms with Gasteiger partial charge in [-0.15, -0.1) is 11.3 Å². The summed E-state index contributed by atoms with van der Waals surface area (Å²) in [5, 5.41) is 2.88. The lowest BCUT2D eigenvalue weighted by atomic mass is 9.83. The summed E-state index contributed by atoms with van der Waals surface area (Å²) >= 11 is 1.56. The Morgan fingerprint density at radius 2 is 1.40 bits per heavy atom. The predicted molar refractivity (Wildman–Crippen MR) is 294 cm³/mol. The summed E-state index contributed by atoms with van der Waals surface area (Å²) in [6.45, 7) is 23.7. The molecule has 1 fully saturated rings. The average molecular weight is 1070 g/mol. The van der Waals surface area contributed by atoms with Crippen molar-refractivity contribution in [2.45, 2.75) is 162 Å². The first-order valence-electron chi connectivity index (χ1n) is 27.5. The fourth-order valence-corrected chi connectivity index (χ4v) is 11.1. The lowest BCUT2D eigenvalue weighted by Crippen LogP contribution is -2.54. The highest BCUT2D eigenvalue weighted by molar-refractivity contribution is 7.09. The number of hydrogen-bond acceptors (Lipinski definition) is 15. The van der Waals surface area contributed by atoms with Gasteiger partial charge in [-0.1, -0.05) is 85.2 Å². The molecule has 2 amide bonds. The van der Waals surface area contributed by atoms with Gasteiger partial charge in [0, 0.05) is 76.5 Å². The highest BCUT2D eigenvalue weighted by Crippen LogP contribution is 2.34. The van der Waals surface area contributed by atoms with Crippen molar-refractivity contribution in [2.24, 2.45) is 29.6 Å². The Hall–Kier alpha value is -3.68. The molecule has 1 aliphatic heterocycles. The number of likely N-dealkylation sites (N-methyl/N-ethyl adjacent to an activating group) is 2. The van der Waals surface area contributed by atoms with Crippen LogP contribution in [0.2, 0.25) is 0 Å². The zero-order chi connectivity index (χ0) is 55.7. The van der Waals surface area contributed by atoms with E-state index in [1.165, 1.54) is 0 Å². The van der Waals surface area contributed by atoms with Gasteiger partial charge in [0.05, 0.1) is 101 Å². The number of methoxy groups -OCH3 is 2. The number of aromatic nitrogens is 1. The van der Waals surface area contributed by atoms with Gasteiger partial charge in [-0.2, -0.15) is 0 Å². The van der Waals surface area contributed by atoms with Gasteiger partial charge in [-0.25, -0.2) is 4.98 Å². The summed E-state index contributed by atoms with van der Waals surface area (Å²) in [4.78, 5) is 79.7. The van der Waals surface area contributed by atoms with E-state index < -0.39 is 41.7 Å². The first-order valence-corrected chi connectivity index (χ1v) is 28.4. The number of nitrogens with zero attached hydrogens (tertiary/aromatic N) is 4. The molecule has 16 nitrogen and oxygen atoms in total. The smallest absolute Gasteiger partial charge is 0.308 e. The van der Waals surface area contributed by atoms with Gasteiger partial charge in [0.25, 0.3) is 0 Å². The lowest BCUT2D eigenvalue weighted by molar-refractivity contribution is -0.156. The molecule has 1 aliphatic rings. The Balaban J connectivity index is 1.56. The van der Waals surface area contributed by atoms with E-state index in [9.17, 15) is 24.0 Å². The Morgan fingerprint density at radius 1 is 0.787 bits per heavy atom. The molecule has 0 unspecified atom stereocenters. The number of thiazole rings is 1. The highest BCUT2D eigenvalue weighted by Gasteiger charge is 2.43. The van der Waals surface area contributed by atoms with Crippen LogP contribution in [-0.2, 0) is 63.6 Å². The molecule has 426 valence electrons. The second kappa shape index (κ2) is 34.3. The second-order valence-electron chi connectivity index (χ2n) is 22.0. The molecule has 0 radical (unpaired) electrons. The van der Waals surface area contributed by atoms with Crippen molar-refractivity contribution >= 4 is 40.7 Å². The summed E-state index contributed by atoms with van der Waals surface area (Å²) < 4.78 is 40.1. The van der Waals surface area contributed by atoms with Gasteiger partial charge in [0.15, 0.2) is 5.78 Å². The molecule has 0 bridgehead atoms. The average Bonchev–Trinajstić information content (AvgIpc) is 4.09. The van der Waals surface area contributed by atoms with Crippen LogP contribution in [0.15, 0.2) is 41.9 Å². The molecular formula is C58H96N4O12S. The number of carbonyl (C=O) groups is 5. The maximum atomic E-state index is 14.7. The number of rotatable bonds is 38. The predicted octanol–water partition coefficient (Wildman–Crippen LogP) is 8.33. The zero-order valence-corrected chi connectivity index (χ0v) is 49.0. The summed E-state index contributed by atoms with van der Waals surface area (Å²) in [5.74, 6) is -1.74. The van der Waals surface area contributed by atoms with Crippen molar-refractivity contribution in [2.75, 3.05) is 94.3 Å². The monoisotopic (exact) mass is 1070 g/mol. The SMILES string of the molecule is CC[C@H](C)[C@@H]([C@@H](CC(=O)N1CCC[C@H]1[C@H](OC)[C@@H](C)C(=O)C[C@@H](Cc1ccccc1)c1nccs1)OC)N(C)C(=O)[C@@H](CC(=O)[C@H](C(C)C)N(C)CCOCCOCCOCCOCCC(=O)OC(C)(C)C)C(C)C. The quantitative estimate of drug-likeness (QED) is 0.0464. The number of benzene rings is 1. The Morgan fingerprint density at radius 3 is 1.93 bits per heavy atom. The van der Waals surface area contributed by atoms with Crippen LogP contribution in [0, 0.1) is 29.6 Å². The highest BCUT2D eigenvalue weighted by atomic mass is 32.1. The fraction of sp³-hybridized carbons (Fsp3) is 0.759. The van der Waals surface area contributed by atoms with E-state index >= 15 is 0 Å². The fourth-order valence-electron chi connectivity index (χ4n) is 10.3. The van der Waals surface area contributed by atoms with Crippen LogP contribution in [0.4, 0.5) is 0 Å². The Bertz CT molecular complexity index is 1950. The molecule has 1 aromatic heterocycles. The van der Waals surface area contributed by atoms with E-state index in [-0.39, 0.29) is 84.9 Å². The number of Topliss-reactive ketones (excluding diaryl/α,β-unsaturated/α-hetero) is 2. The van der Waals surface area contributed by atoms with Crippen molar-refractivity contribution < 1.29 is 57.1 Å². The minimum atomic E-state index is -0.619. The van der Waals surface area contributed by atoms with Gasteiger partial charge in [-0.3, -0.25) is 28.9 Å². The van der Waals surface area contributed by atoms with Crippen LogP contribution in [0.1, 0.15) is 131 Å². The summed E-state index contributed by atoms with van der Waals surface area (Å²) in [7, 11) is 6.93. The molecule has 0 N–H and O–H groups in total. The van der Waals surface area contributed by atoms with E-state index in [1.54, 1.807) is 43.7 Å². The number of hydrogen-bond donors (Lipinski definition) is 0. The molecule has 0 aliphatic carbocycles. The van der Waals surface area contributed by atoms with Gasteiger partial charge < -0.3 is 43.0 Å². The minimum Gasteiger partial charge on any atom is -0.460 e. The van der Waals surface area contributed by atoms with Crippen LogP contribution < -0.4 is 0 Å². The van der Waals surface area contributed by atoms with Crippen molar-refractivity contribution in [1.82, 2.24) is 19.7 Å². The van der Waals surface area contributed by atoms with Gasteiger partial charge in [0.1, 0.15) is 11.4 Å². The molecule has 75 heavy (non-hydrogen) atoms. The van der Waals surface area contributed by atoms with Crippen molar-refractivity contribution in [1.29, 1.82) is 0 Å². The third-order valence-electron chi connectivity index (χ3n) is 14.5. The minimum absolute atomic E-state index is 0.00123. The molecule has 0 spiro atoms. The summed E-state index contributed by atoms with van der Waals surface area (Å²) in [6.07, 6.45) is 4.24. The third kappa shape index (κ3) is 22.3. The van der Waals surface area contributed by atoms with Crippen molar-refractivity contribution in [3.63, 3.8) is 0 Å². The maximum Gasteiger partial charge on any atom is 0.308 e. The molecule has 1 aromatic carbocycles. The normalized spacial score (nSPS) is 17.4. The van der Waals surface area contributed by atoms with Crippen LogP contribution >= 0.6 is 11.3 Å². The molecule has 2 aromatic rings. The number of ether oxygens (including phenoxy) is 7. The van der Waals surface area contributed by atoms with Crippen LogP contribution in [0.25, 0.3) is 0 Å². The number of esters is 1. The number of likely N-dealkylation sites (tertiary alicyclic amines) is 1. The first kappa shape index (κ1) is 65.6. The van der Waals surface area contributed by atoms with Gasteiger partial charge in [-0.05, 0) is 70.4 Å². The number of amides is 2. The van der Waals surface area contributed by atoms with E-state index in [0.717, 1.165) is 23.4 Å². The molecule has 0 saturated carbocycles. The van der Waals surface area contributed by atoms with E-state index in [4.69, 9.17) is 33.2 Å². The summed E-state index contributed by atoms with van der Waals surface area (Å²) in [5.41, 5.74) is 0.635. The van der Waals surface area contributed by atoms with Crippen LogP contribution in [0.5, 0.6) is 0 Å². The first-order chi connectivity index (χ1) is 35.6. The molecule has 17 heteroatoms. The van der Waals surface area contributed by atoms with E-state index in [1.807, 2.05) is 95.8 Å². The largest absolute Gasteiger partial charge is 0.460 e. The maximum absolute atomic E-state index is 14.7. The Kier molecular flexibility index (Phi) is 30.0. The molecule has 3 rings (SSSR count). The third-order valence-corrected chi connectivity index (χ3v) is 15.4. The van der Waals surface area contributed by atoms with Gasteiger partial charge in [0.2, 0.25) is 11.8 Å². The molecular weight excluding hydrogens is 977 g/mol.